The summed E-state index contributed by atoms with van der Waals surface area (Å²) < 4.78 is 40.5. The average molecular weight is 320 g/mol. The number of rotatable bonds is 4. The van der Waals surface area contributed by atoms with Gasteiger partial charge in [-0.3, -0.25) is 0 Å². The van der Waals surface area contributed by atoms with Crippen LogP contribution in [0.15, 0.2) is 23.1 Å². The molecule has 0 aromatic heterocycles. The van der Waals surface area contributed by atoms with Gasteiger partial charge in [-0.05, 0) is 36.5 Å². The Kier molecular flexibility index (Phi) is 4.72. The largest absolute Gasteiger partial charge is 0.243 e. The lowest BCUT2D eigenvalue weighted by Gasteiger charge is -2.27. The highest BCUT2D eigenvalue weighted by molar-refractivity contribution is 7.89. The van der Waals surface area contributed by atoms with Crippen LogP contribution < -0.4 is 0 Å². The highest BCUT2D eigenvalue weighted by Crippen LogP contribution is 2.32. The van der Waals surface area contributed by atoms with Gasteiger partial charge < -0.3 is 0 Å². The monoisotopic (exact) mass is 319 g/mol. The van der Waals surface area contributed by atoms with E-state index >= 15 is 0 Å². The Morgan fingerprint density at radius 2 is 2.15 bits per heavy atom. The number of hydrogen-bond donors (Lipinski definition) is 0. The molecule has 0 N–H and O–H groups in total. The smallest absolute Gasteiger partial charge is 0.207 e. The number of halogens is 2. The van der Waals surface area contributed by atoms with Crippen molar-refractivity contribution in [1.82, 2.24) is 4.31 Å². The normalized spacial score (nSPS) is 20.8. The second kappa shape index (κ2) is 6.00. The number of benzene rings is 1. The van der Waals surface area contributed by atoms with Gasteiger partial charge in [0.25, 0.3) is 0 Å². The van der Waals surface area contributed by atoms with Crippen molar-refractivity contribution in [2.45, 2.75) is 43.5 Å². The molecule has 0 radical (unpaired) electrons. The minimum Gasteiger partial charge on any atom is -0.207 e. The van der Waals surface area contributed by atoms with Crippen LogP contribution in [-0.2, 0) is 15.9 Å². The lowest BCUT2D eigenvalue weighted by Crippen LogP contribution is -2.38. The summed E-state index contributed by atoms with van der Waals surface area (Å²) in [5.41, 5.74) is 0.447. The van der Waals surface area contributed by atoms with Crippen LogP contribution in [0.5, 0.6) is 0 Å². The number of alkyl halides is 1. The molecule has 1 atom stereocenters. The van der Waals surface area contributed by atoms with E-state index in [1.807, 2.05) is 13.8 Å². The van der Waals surface area contributed by atoms with Gasteiger partial charge in [0, 0.05) is 18.5 Å². The summed E-state index contributed by atoms with van der Waals surface area (Å²) in [6.45, 7) is 4.50. The van der Waals surface area contributed by atoms with Crippen molar-refractivity contribution >= 4 is 21.6 Å². The zero-order valence-corrected chi connectivity index (χ0v) is 13.2. The van der Waals surface area contributed by atoms with Gasteiger partial charge in [0.15, 0.2) is 0 Å². The van der Waals surface area contributed by atoms with Crippen molar-refractivity contribution < 1.29 is 12.8 Å². The highest BCUT2D eigenvalue weighted by atomic mass is 35.5. The second-order valence-corrected chi connectivity index (χ2v) is 7.58. The maximum atomic E-state index is 13.4. The second-order valence-electron chi connectivity index (χ2n) is 5.46. The van der Waals surface area contributed by atoms with Crippen molar-refractivity contribution in [2.24, 2.45) is 5.92 Å². The first-order chi connectivity index (χ1) is 9.37. The molecule has 1 unspecified atom stereocenters. The van der Waals surface area contributed by atoms with E-state index in [0.29, 0.717) is 12.1 Å². The first kappa shape index (κ1) is 15.7. The SMILES string of the molecule is CC(C)C1CCCN1S(=O)(=O)c1cc(F)ccc1CCl. The van der Waals surface area contributed by atoms with Crippen LogP contribution >= 0.6 is 11.6 Å². The Bertz CT molecular complexity index is 589. The van der Waals surface area contributed by atoms with E-state index in [0.717, 1.165) is 18.9 Å². The van der Waals surface area contributed by atoms with Gasteiger partial charge in [-0.1, -0.05) is 19.9 Å². The lowest BCUT2D eigenvalue weighted by molar-refractivity contribution is 0.315. The molecule has 6 heteroatoms. The van der Waals surface area contributed by atoms with Gasteiger partial charge in [0.1, 0.15) is 5.82 Å². The van der Waals surface area contributed by atoms with Gasteiger partial charge in [-0.15, -0.1) is 11.6 Å². The fraction of sp³-hybridized carbons (Fsp3) is 0.571. The van der Waals surface area contributed by atoms with E-state index in [-0.39, 0.29) is 22.7 Å². The van der Waals surface area contributed by atoms with Crippen LogP contribution in [-0.4, -0.2) is 25.3 Å². The third kappa shape index (κ3) is 2.85. The summed E-state index contributed by atoms with van der Waals surface area (Å²) in [5, 5.41) is 0. The van der Waals surface area contributed by atoms with Crippen LogP contribution in [0.25, 0.3) is 0 Å². The van der Waals surface area contributed by atoms with Crippen molar-refractivity contribution in [1.29, 1.82) is 0 Å². The molecule has 1 heterocycles. The Morgan fingerprint density at radius 3 is 2.75 bits per heavy atom. The van der Waals surface area contributed by atoms with E-state index in [1.54, 1.807) is 0 Å². The Labute approximate surface area is 124 Å². The molecule has 1 aliphatic rings. The predicted molar refractivity (Wildman–Crippen MR) is 77.7 cm³/mol. The lowest BCUT2D eigenvalue weighted by atomic mass is 10.0. The molecule has 112 valence electrons. The van der Waals surface area contributed by atoms with Gasteiger partial charge in [0.05, 0.1) is 4.90 Å². The molecule has 1 aromatic rings. The average Bonchev–Trinajstić information content (AvgIpc) is 2.88. The molecule has 1 fully saturated rings. The first-order valence-electron chi connectivity index (χ1n) is 6.74. The standard InChI is InChI=1S/C14H19ClFNO2S/c1-10(2)13-4-3-7-17(13)20(18,19)14-8-12(16)6-5-11(14)9-15/h5-6,8,10,13H,3-4,7,9H2,1-2H3. The third-order valence-corrected chi connectivity index (χ3v) is 6.07. The van der Waals surface area contributed by atoms with Crippen molar-refractivity contribution in [3.63, 3.8) is 0 Å². The minimum atomic E-state index is -3.69. The Hall–Kier alpha value is -0.650. The molecule has 0 amide bonds. The molecule has 1 aliphatic heterocycles. The number of nitrogens with zero attached hydrogens (tertiary/aromatic N) is 1. The molecule has 0 saturated carbocycles. The first-order valence-corrected chi connectivity index (χ1v) is 8.71. The van der Waals surface area contributed by atoms with Gasteiger partial charge in [0.2, 0.25) is 10.0 Å². The molecule has 0 spiro atoms. The Balaban J connectivity index is 2.47. The highest BCUT2D eigenvalue weighted by Gasteiger charge is 2.37. The fourth-order valence-electron chi connectivity index (χ4n) is 2.74. The summed E-state index contributed by atoms with van der Waals surface area (Å²) in [5.74, 6) is -0.271. The van der Waals surface area contributed by atoms with Crippen molar-refractivity contribution in [2.75, 3.05) is 6.54 Å². The molecular weight excluding hydrogens is 301 g/mol. The van der Waals surface area contributed by atoms with Crippen LogP contribution in [0.4, 0.5) is 4.39 Å². The van der Waals surface area contributed by atoms with Crippen LogP contribution in [0.2, 0.25) is 0 Å². The van der Waals surface area contributed by atoms with Crippen LogP contribution in [0.1, 0.15) is 32.3 Å². The maximum absolute atomic E-state index is 13.4. The molecule has 2 rings (SSSR count). The van der Waals surface area contributed by atoms with E-state index in [4.69, 9.17) is 11.6 Å². The molecule has 20 heavy (non-hydrogen) atoms. The van der Waals surface area contributed by atoms with Gasteiger partial charge in [-0.25, -0.2) is 12.8 Å². The van der Waals surface area contributed by atoms with Gasteiger partial charge >= 0.3 is 0 Å². The van der Waals surface area contributed by atoms with Crippen molar-refractivity contribution in [3.8, 4) is 0 Å². The topological polar surface area (TPSA) is 37.4 Å². The predicted octanol–water partition coefficient (Wildman–Crippen LogP) is 3.37. The maximum Gasteiger partial charge on any atom is 0.243 e. The molecule has 3 nitrogen and oxygen atoms in total. The van der Waals surface area contributed by atoms with E-state index in [9.17, 15) is 12.8 Å². The van der Waals surface area contributed by atoms with Gasteiger partial charge in [-0.2, -0.15) is 4.31 Å². The molecule has 1 saturated heterocycles. The quantitative estimate of drug-likeness (QED) is 0.798. The number of hydrogen-bond acceptors (Lipinski definition) is 2. The van der Waals surface area contributed by atoms with Crippen LogP contribution in [0.3, 0.4) is 0 Å². The van der Waals surface area contributed by atoms with E-state index in [1.165, 1.54) is 16.4 Å². The zero-order valence-electron chi connectivity index (χ0n) is 11.6. The summed E-state index contributed by atoms with van der Waals surface area (Å²) >= 11 is 5.79. The summed E-state index contributed by atoms with van der Waals surface area (Å²) in [7, 11) is -3.69. The molecule has 0 aliphatic carbocycles. The van der Waals surface area contributed by atoms with E-state index < -0.39 is 15.8 Å². The number of sulfonamides is 1. The van der Waals surface area contributed by atoms with E-state index in [2.05, 4.69) is 0 Å². The summed E-state index contributed by atoms with van der Waals surface area (Å²) in [6, 6.07) is 3.73. The molecule has 1 aromatic carbocycles. The summed E-state index contributed by atoms with van der Waals surface area (Å²) in [4.78, 5) is 0.0000463. The van der Waals surface area contributed by atoms with Crippen LogP contribution in [0, 0.1) is 11.7 Å². The molecule has 0 bridgehead atoms. The Morgan fingerprint density at radius 1 is 1.45 bits per heavy atom. The summed E-state index contributed by atoms with van der Waals surface area (Å²) in [6.07, 6.45) is 1.69. The third-order valence-electron chi connectivity index (χ3n) is 3.78. The minimum absolute atomic E-state index is 0.0000463. The van der Waals surface area contributed by atoms with Crippen molar-refractivity contribution in [3.05, 3.63) is 29.6 Å². The fourth-order valence-corrected chi connectivity index (χ4v) is 5.11. The zero-order chi connectivity index (χ0) is 14.9. The molecular formula is C14H19ClFNO2S.